The van der Waals surface area contributed by atoms with E-state index >= 15 is 0 Å². The largest absolute Gasteiger partial charge is 0.354 e. The zero-order valence-corrected chi connectivity index (χ0v) is 15.0. The van der Waals surface area contributed by atoms with Gasteiger partial charge < -0.3 is 10.6 Å². The van der Waals surface area contributed by atoms with E-state index in [0.717, 1.165) is 19.3 Å². The summed E-state index contributed by atoms with van der Waals surface area (Å²) in [5, 5.41) is 6.10. The number of hydrogen-bond acceptors (Lipinski definition) is 4. The molecule has 2 N–H and O–H groups in total. The summed E-state index contributed by atoms with van der Waals surface area (Å²) in [6, 6.07) is 8.35. The molecule has 0 saturated carbocycles. The van der Waals surface area contributed by atoms with E-state index in [-0.39, 0.29) is 11.8 Å². The van der Waals surface area contributed by atoms with Gasteiger partial charge in [0.1, 0.15) is 0 Å². The molecule has 1 heterocycles. The summed E-state index contributed by atoms with van der Waals surface area (Å²) in [5.41, 5.74) is 2.64. The quantitative estimate of drug-likeness (QED) is 0.860. The molecule has 132 valence electrons. The van der Waals surface area contributed by atoms with Crippen molar-refractivity contribution in [1.29, 1.82) is 0 Å². The Bertz CT molecular complexity index is 709. The lowest BCUT2D eigenvalue weighted by Crippen LogP contribution is -2.57. The van der Waals surface area contributed by atoms with Crippen molar-refractivity contribution in [3.05, 3.63) is 35.4 Å². The number of carbonyl (C=O) groups excluding carboxylic acids is 1. The van der Waals surface area contributed by atoms with E-state index in [4.69, 9.17) is 0 Å². The molecule has 0 aromatic heterocycles. The number of nitrogens with one attached hydrogen (secondary N) is 2. The lowest BCUT2D eigenvalue weighted by atomic mass is 9.82. The summed E-state index contributed by atoms with van der Waals surface area (Å²) in [7, 11) is -3.45. The SMILES string of the molecule is CS(=O)(=O)C1(C(=O)NCC2CCCc3ccccc32)CCNCC1. The van der Waals surface area contributed by atoms with Crippen LogP contribution in [0, 0.1) is 0 Å². The molecular formula is C18H26N2O3S. The summed E-state index contributed by atoms with van der Waals surface area (Å²) >= 11 is 0. The Balaban J connectivity index is 1.73. The van der Waals surface area contributed by atoms with E-state index in [1.807, 2.05) is 12.1 Å². The number of amides is 1. The number of rotatable bonds is 4. The van der Waals surface area contributed by atoms with Crippen molar-refractivity contribution in [3.8, 4) is 0 Å². The van der Waals surface area contributed by atoms with Crippen molar-refractivity contribution >= 4 is 15.7 Å². The van der Waals surface area contributed by atoms with Crippen molar-refractivity contribution in [2.45, 2.75) is 42.8 Å². The standard InChI is InChI=1S/C18H26N2O3S/c1-24(22,23)18(9-11-19-12-10-18)17(21)20-13-15-7-4-6-14-5-2-3-8-16(14)15/h2-3,5,8,15,19H,4,6-7,9-13H2,1H3,(H,20,21). The van der Waals surface area contributed by atoms with Gasteiger partial charge in [0.15, 0.2) is 14.6 Å². The molecule has 1 aliphatic carbocycles. The van der Waals surface area contributed by atoms with Crippen molar-refractivity contribution in [1.82, 2.24) is 10.6 Å². The number of aryl methyl sites for hydroxylation is 1. The molecule has 1 fully saturated rings. The highest BCUT2D eigenvalue weighted by Crippen LogP contribution is 2.32. The molecule has 6 heteroatoms. The van der Waals surface area contributed by atoms with E-state index < -0.39 is 14.6 Å². The Kier molecular flexibility index (Phi) is 4.97. The molecular weight excluding hydrogens is 324 g/mol. The molecule has 0 bridgehead atoms. The van der Waals surface area contributed by atoms with Crippen molar-refractivity contribution < 1.29 is 13.2 Å². The molecule has 0 spiro atoms. The first kappa shape index (κ1) is 17.4. The van der Waals surface area contributed by atoms with Gasteiger partial charge in [0.05, 0.1) is 0 Å². The second-order valence-corrected chi connectivity index (χ2v) is 9.34. The average molecular weight is 350 g/mol. The lowest BCUT2D eigenvalue weighted by Gasteiger charge is -2.35. The fourth-order valence-electron chi connectivity index (χ4n) is 4.04. The lowest BCUT2D eigenvalue weighted by molar-refractivity contribution is -0.124. The average Bonchev–Trinajstić information content (AvgIpc) is 2.59. The number of hydrogen-bond donors (Lipinski definition) is 2. The van der Waals surface area contributed by atoms with Gasteiger partial charge in [-0.2, -0.15) is 0 Å². The second kappa shape index (κ2) is 6.84. The van der Waals surface area contributed by atoms with Crippen LogP contribution in [0.3, 0.4) is 0 Å². The molecule has 24 heavy (non-hydrogen) atoms. The van der Waals surface area contributed by atoms with E-state index in [9.17, 15) is 13.2 Å². The van der Waals surface area contributed by atoms with Gasteiger partial charge in [0, 0.05) is 18.7 Å². The fraction of sp³-hybridized carbons (Fsp3) is 0.611. The molecule has 1 unspecified atom stereocenters. The van der Waals surface area contributed by atoms with Crippen molar-refractivity contribution in [3.63, 3.8) is 0 Å². The Labute approximate surface area is 144 Å². The number of carbonyl (C=O) groups is 1. The van der Waals surface area contributed by atoms with Crippen LogP contribution in [0.15, 0.2) is 24.3 Å². The number of piperidine rings is 1. The van der Waals surface area contributed by atoms with Crippen LogP contribution in [0.2, 0.25) is 0 Å². The van der Waals surface area contributed by atoms with E-state index in [0.29, 0.717) is 32.5 Å². The summed E-state index contributed by atoms with van der Waals surface area (Å²) in [6.07, 6.45) is 5.11. The van der Waals surface area contributed by atoms with Gasteiger partial charge in [-0.1, -0.05) is 24.3 Å². The van der Waals surface area contributed by atoms with Crippen LogP contribution in [0.1, 0.15) is 42.7 Å². The third kappa shape index (κ3) is 3.22. The molecule has 1 aromatic carbocycles. The van der Waals surface area contributed by atoms with Crippen LogP contribution in [0.25, 0.3) is 0 Å². The molecule has 1 aromatic rings. The summed E-state index contributed by atoms with van der Waals surface area (Å²) in [4.78, 5) is 12.8. The van der Waals surface area contributed by atoms with Gasteiger partial charge in [0.25, 0.3) is 0 Å². The highest BCUT2D eigenvalue weighted by Gasteiger charge is 2.48. The summed E-state index contributed by atoms with van der Waals surface area (Å²) < 4.78 is 23.3. The van der Waals surface area contributed by atoms with E-state index in [2.05, 4.69) is 22.8 Å². The van der Waals surface area contributed by atoms with Crippen LogP contribution in [-0.2, 0) is 21.1 Å². The van der Waals surface area contributed by atoms with Crippen LogP contribution in [0.5, 0.6) is 0 Å². The summed E-state index contributed by atoms with van der Waals surface area (Å²) in [6.45, 7) is 1.64. The molecule has 5 nitrogen and oxygen atoms in total. The summed E-state index contributed by atoms with van der Waals surface area (Å²) in [5.74, 6) is -0.0493. The zero-order valence-electron chi connectivity index (χ0n) is 14.2. The molecule has 0 radical (unpaired) electrons. The van der Waals surface area contributed by atoms with Gasteiger partial charge in [0.2, 0.25) is 5.91 Å². The third-order valence-electron chi connectivity index (χ3n) is 5.54. The predicted molar refractivity (Wildman–Crippen MR) is 94.8 cm³/mol. The van der Waals surface area contributed by atoms with Gasteiger partial charge in [-0.05, 0) is 56.3 Å². The maximum absolute atomic E-state index is 12.8. The van der Waals surface area contributed by atoms with E-state index in [1.165, 1.54) is 17.4 Å². The topological polar surface area (TPSA) is 75.3 Å². The Morgan fingerprint density at radius 3 is 2.71 bits per heavy atom. The van der Waals surface area contributed by atoms with Crippen LogP contribution in [0.4, 0.5) is 0 Å². The Hall–Kier alpha value is -1.40. The number of fused-ring (bicyclic) bond motifs is 1. The maximum atomic E-state index is 12.8. The van der Waals surface area contributed by atoms with Crippen molar-refractivity contribution in [2.24, 2.45) is 0 Å². The van der Waals surface area contributed by atoms with Gasteiger partial charge in [-0.25, -0.2) is 8.42 Å². The monoisotopic (exact) mass is 350 g/mol. The molecule has 1 amide bonds. The van der Waals surface area contributed by atoms with Crippen LogP contribution < -0.4 is 10.6 Å². The second-order valence-electron chi connectivity index (χ2n) is 7.01. The number of sulfone groups is 1. The first-order valence-corrected chi connectivity index (χ1v) is 10.6. The predicted octanol–water partition coefficient (Wildman–Crippen LogP) is 1.39. The van der Waals surface area contributed by atoms with Crippen LogP contribution >= 0.6 is 0 Å². The third-order valence-corrected chi connectivity index (χ3v) is 7.55. The molecule has 3 rings (SSSR count). The molecule has 1 saturated heterocycles. The highest BCUT2D eigenvalue weighted by atomic mass is 32.2. The minimum Gasteiger partial charge on any atom is -0.354 e. The maximum Gasteiger partial charge on any atom is 0.241 e. The first-order valence-electron chi connectivity index (χ1n) is 8.70. The van der Waals surface area contributed by atoms with Gasteiger partial charge >= 0.3 is 0 Å². The van der Waals surface area contributed by atoms with Gasteiger partial charge in [-0.15, -0.1) is 0 Å². The molecule has 1 atom stereocenters. The minimum absolute atomic E-state index is 0.275. The Morgan fingerprint density at radius 1 is 1.29 bits per heavy atom. The highest BCUT2D eigenvalue weighted by molar-refractivity contribution is 7.92. The Morgan fingerprint density at radius 2 is 2.00 bits per heavy atom. The minimum atomic E-state index is -3.45. The smallest absolute Gasteiger partial charge is 0.241 e. The fourth-order valence-corrected chi connectivity index (χ4v) is 5.40. The van der Waals surface area contributed by atoms with Crippen LogP contribution in [-0.4, -0.2) is 45.0 Å². The van der Waals surface area contributed by atoms with Gasteiger partial charge in [-0.3, -0.25) is 4.79 Å². The normalized spacial score (nSPS) is 23.3. The molecule has 1 aliphatic heterocycles. The van der Waals surface area contributed by atoms with Crippen molar-refractivity contribution in [2.75, 3.05) is 25.9 Å². The first-order chi connectivity index (χ1) is 11.4. The zero-order chi connectivity index (χ0) is 17.2. The molecule has 2 aliphatic rings. The number of benzene rings is 1. The van der Waals surface area contributed by atoms with E-state index in [1.54, 1.807) is 0 Å².